The predicted molar refractivity (Wildman–Crippen MR) is 96.1 cm³/mol. The molecular weight excluding hydrogens is 336 g/mol. The van der Waals surface area contributed by atoms with Gasteiger partial charge in [0.1, 0.15) is 6.61 Å². The lowest BCUT2D eigenvalue weighted by molar-refractivity contribution is -0.147. The predicted octanol–water partition coefficient (Wildman–Crippen LogP) is 1.20. The maximum atomic E-state index is 12.8. The number of allylic oxidation sites excluding steroid dienone is 2. The van der Waals surface area contributed by atoms with Gasteiger partial charge in [-0.3, -0.25) is 14.4 Å². The average Bonchev–Trinajstić information content (AvgIpc) is 3.06. The van der Waals surface area contributed by atoms with Crippen molar-refractivity contribution in [2.45, 2.75) is 69.9 Å². The van der Waals surface area contributed by atoms with Gasteiger partial charge in [0.25, 0.3) is 0 Å². The largest absolute Gasteiger partial charge is 0.463 e. The van der Waals surface area contributed by atoms with E-state index in [1.165, 1.54) is 0 Å². The molecule has 26 heavy (non-hydrogen) atoms. The molecular formula is C19H30N2O5. The van der Waals surface area contributed by atoms with Crippen LogP contribution in [0.1, 0.15) is 58.3 Å². The summed E-state index contributed by atoms with van der Waals surface area (Å²) in [4.78, 5) is 36.8. The monoisotopic (exact) mass is 366 g/mol. The maximum Gasteiger partial charge on any atom is 0.306 e. The molecule has 0 radical (unpaired) electrons. The summed E-state index contributed by atoms with van der Waals surface area (Å²) in [6.45, 7) is 1.76. The van der Waals surface area contributed by atoms with E-state index < -0.39 is 11.5 Å². The highest BCUT2D eigenvalue weighted by atomic mass is 16.5. The molecule has 3 N–H and O–H groups in total. The summed E-state index contributed by atoms with van der Waals surface area (Å²) in [6.07, 6.45) is 8.62. The number of aliphatic hydroxyl groups excluding tert-OH is 1. The molecule has 146 valence electrons. The molecule has 0 saturated heterocycles. The number of hydrogen-bond donors (Lipinski definition) is 3. The number of carbonyl (C=O) groups excluding carboxylic acids is 3. The van der Waals surface area contributed by atoms with Crippen molar-refractivity contribution in [2.24, 2.45) is 5.92 Å². The van der Waals surface area contributed by atoms with Gasteiger partial charge in [-0.05, 0) is 32.6 Å². The van der Waals surface area contributed by atoms with Crippen molar-refractivity contribution in [3.63, 3.8) is 0 Å². The van der Waals surface area contributed by atoms with Gasteiger partial charge in [-0.1, -0.05) is 25.0 Å². The van der Waals surface area contributed by atoms with E-state index in [-0.39, 0.29) is 43.5 Å². The Morgan fingerprint density at radius 3 is 2.81 bits per heavy atom. The number of nitrogens with one attached hydrogen (secondary N) is 2. The Balaban J connectivity index is 2.09. The highest BCUT2D eigenvalue weighted by molar-refractivity contribution is 5.86. The van der Waals surface area contributed by atoms with Crippen molar-refractivity contribution in [3.05, 3.63) is 12.2 Å². The Kier molecular flexibility index (Phi) is 7.63. The topological polar surface area (TPSA) is 105 Å². The third-order valence-corrected chi connectivity index (χ3v) is 5.04. The molecule has 0 bridgehead atoms. The van der Waals surface area contributed by atoms with Gasteiger partial charge in [0.2, 0.25) is 11.8 Å². The highest BCUT2D eigenvalue weighted by Gasteiger charge is 2.38. The quantitative estimate of drug-likeness (QED) is 0.512. The molecule has 2 rings (SSSR count). The van der Waals surface area contributed by atoms with Gasteiger partial charge in [-0.2, -0.15) is 0 Å². The van der Waals surface area contributed by atoms with E-state index in [0.717, 1.165) is 25.7 Å². The van der Waals surface area contributed by atoms with E-state index in [9.17, 15) is 14.4 Å². The molecule has 7 nitrogen and oxygen atoms in total. The zero-order valence-electron chi connectivity index (χ0n) is 15.5. The van der Waals surface area contributed by atoms with E-state index >= 15 is 0 Å². The Morgan fingerprint density at radius 1 is 1.38 bits per heavy atom. The van der Waals surface area contributed by atoms with E-state index in [4.69, 9.17) is 9.84 Å². The van der Waals surface area contributed by atoms with Crippen molar-refractivity contribution in [2.75, 3.05) is 13.2 Å². The van der Waals surface area contributed by atoms with Gasteiger partial charge >= 0.3 is 5.97 Å². The van der Waals surface area contributed by atoms with E-state index in [0.29, 0.717) is 19.3 Å². The zero-order chi connectivity index (χ0) is 19.0. The van der Waals surface area contributed by atoms with Crippen LogP contribution in [0, 0.1) is 5.92 Å². The molecule has 0 aromatic heterocycles. The smallest absolute Gasteiger partial charge is 0.306 e. The standard InChI is InChI=1S/C19H30N2O5/c1-14(12-22)20-16(23)11-15-7-3-2-4-8-17(24)26-13-19(21-18(15)25)9-5-6-10-19/h2-3,14-15,22H,4-13H2,1H3,(H,20,23)(H,21,25)/t14-,15+/m0/s1. The van der Waals surface area contributed by atoms with Gasteiger partial charge in [-0.15, -0.1) is 0 Å². The number of cyclic esters (lactones) is 1. The van der Waals surface area contributed by atoms with Crippen LogP contribution in [-0.4, -0.2) is 47.7 Å². The minimum atomic E-state index is -0.511. The lowest BCUT2D eigenvalue weighted by Crippen LogP contribution is -2.52. The Bertz CT molecular complexity index is 540. The minimum Gasteiger partial charge on any atom is -0.463 e. The van der Waals surface area contributed by atoms with Gasteiger partial charge in [0.15, 0.2) is 0 Å². The molecule has 2 aliphatic rings. The summed E-state index contributed by atoms with van der Waals surface area (Å²) in [5, 5.41) is 14.8. The molecule has 0 aromatic carbocycles. The Hall–Kier alpha value is -1.89. The van der Waals surface area contributed by atoms with Crippen LogP contribution in [-0.2, 0) is 19.1 Å². The number of ether oxygens (including phenoxy) is 1. The molecule has 7 heteroatoms. The molecule has 1 spiro atoms. The number of rotatable bonds is 4. The molecule has 1 saturated carbocycles. The van der Waals surface area contributed by atoms with Crippen LogP contribution in [0.2, 0.25) is 0 Å². The third kappa shape index (κ3) is 6.12. The van der Waals surface area contributed by atoms with Gasteiger partial charge in [0, 0.05) is 18.9 Å². The van der Waals surface area contributed by atoms with Crippen LogP contribution in [0.25, 0.3) is 0 Å². The lowest BCUT2D eigenvalue weighted by atomic mass is 9.93. The van der Waals surface area contributed by atoms with Crippen LogP contribution in [0.15, 0.2) is 12.2 Å². The van der Waals surface area contributed by atoms with Crippen LogP contribution in [0.4, 0.5) is 0 Å². The summed E-state index contributed by atoms with van der Waals surface area (Å²) < 4.78 is 5.39. The van der Waals surface area contributed by atoms with Crippen molar-refractivity contribution in [1.82, 2.24) is 10.6 Å². The lowest BCUT2D eigenvalue weighted by Gasteiger charge is -2.32. The first-order valence-electron chi connectivity index (χ1n) is 9.47. The van der Waals surface area contributed by atoms with Crippen molar-refractivity contribution < 1.29 is 24.2 Å². The molecule has 1 aliphatic carbocycles. The summed E-state index contributed by atoms with van der Waals surface area (Å²) in [5.41, 5.74) is -0.511. The fraction of sp³-hybridized carbons (Fsp3) is 0.737. The average molecular weight is 366 g/mol. The van der Waals surface area contributed by atoms with Crippen LogP contribution in [0.5, 0.6) is 0 Å². The number of carbonyl (C=O) groups is 3. The first kappa shape index (κ1) is 20.4. The second kappa shape index (κ2) is 9.71. The first-order chi connectivity index (χ1) is 12.4. The van der Waals surface area contributed by atoms with Gasteiger partial charge in [-0.25, -0.2) is 0 Å². The van der Waals surface area contributed by atoms with Crippen LogP contribution < -0.4 is 10.6 Å². The molecule has 0 unspecified atom stereocenters. The second-order valence-corrected chi connectivity index (χ2v) is 7.44. The van der Waals surface area contributed by atoms with E-state index in [1.54, 1.807) is 6.92 Å². The summed E-state index contributed by atoms with van der Waals surface area (Å²) in [5.74, 6) is -1.16. The number of esters is 1. The number of amides is 2. The highest BCUT2D eigenvalue weighted by Crippen LogP contribution is 2.31. The fourth-order valence-corrected chi connectivity index (χ4v) is 3.48. The summed E-state index contributed by atoms with van der Waals surface area (Å²) in [6, 6.07) is -0.340. The van der Waals surface area contributed by atoms with E-state index in [2.05, 4.69) is 10.6 Å². The second-order valence-electron chi connectivity index (χ2n) is 7.44. The van der Waals surface area contributed by atoms with Crippen LogP contribution in [0.3, 0.4) is 0 Å². The van der Waals surface area contributed by atoms with Gasteiger partial charge < -0.3 is 20.5 Å². The number of hydrogen-bond acceptors (Lipinski definition) is 5. The number of aliphatic hydroxyl groups is 1. The molecule has 0 aromatic rings. The van der Waals surface area contributed by atoms with E-state index in [1.807, 2.05) is 12.2 Å². The molecule has 2 atom stereocenters. The minimum absolute atomic E-state index is 0.0659. The van der Waals surface area contributed by atoms with Gasteiger partial charge in [0.05, 0.1) is 18.1 Å². The summed E-state index contributed by atoms with van der Waals surface area (Å²) >= 11 is 0. The molecule has 1 fully saturated rings. The summed E-state index contributed by atoms with van der Waals surface area (Å²) in [7, 11) is 0. The normalized spacial score (nSPS) is 24.9. The third-order valence-electron chi connectivity index (χ3n) is 5.04. The zero-order valence-corrected chi connectivity index (χ0v) is 15.5. The van der Waals surface area contributed by atoms with Crippen molar-refractivity contribution in [1.29, 1.82) is 0 Å². The maximum absolute atomic E-state index is 12.8. The van der Waals surface area contributed by atoms with Crippen LogP contribution >= 0.6 is 0 Å². The first-order valence-corrected chi connectivity index (χ1v) is 9.47. The Labute approximate surface area is 154 Å². The molecule has 1 heterocycles. The van der Waals surface area contributed by atoms with Crippen molar-refractivity contribution in [3.8, 4) is 0 Å². The van der Waals surface area contributed by atoms with Crippen molar-refractivity contribution >= 4 is 17.8 Å². The molecule has 1 aliphatic heterocycles. The molecule has 2 amide bonds. The fourth-order valence-electron chi connectivity index (χ4n) is 3.48. The SMILES string of the molecule is C[C@@H](CO)NC(=O)C[C@H]1CC=CCCC(=O)OCC2(CCCC2)NC1=O. The Morgan fingerprint density at radius 2 is 2.12 bits per heavy atom.